The van der Waals surface area contributed by atoms with Crippen LogP contribution in [0.5, 0.6) is 0 Å². The Morgan fingerprint density at radius 2 is 2.10 bits per heavy atom. The molecule has 0 aliphatic rings. The first-order valence-corrected chi connectivity index (χ1v) is 7.12. The summed E-state index contributed by atoms with van der Waals surface area (Å²) in [4.78, 5) is 4.26. The molecule has 1 heterocycles. The van der Waals surface area contributed by atoms with E-state index in [1.54, 1.807) is 12.3 Å². The molecule has 1 atom stereocenters. The molecular weight excluding hydrogens is 251 g/mol. The van der Waals surface area contributed by atoms with Gasteiger partial charge in [-0.25, -0.2) is 4.39 Å². The Morgan fingerprint density at radius 1 is 1.25 bits per heavy atom. The van der Waals surface area contributed by atoms with Crippen molar-refractivity contribution in [3.05, 3.63) is 65.2 Å². The lowest BCUT2D eigenvalue weighted by Gasteiger charge is -2.15. The van der Waals surface area contributed by atoms with Crippen molar-refractivity contribution in [2.24, 2.45) is 0 Å². The minimum Gasteiger partial charge on any atom is -0.310 e. The SMILES string of the molecule is CCCNC(C)c1ccc(F)c(Cc2ccccn2)c1. The highest BCUT2D eigenvalue weighted by molar-refractivity contribution is 5.30. The van der Waals surface area contributed by atoms with E-state index in [4.69, 9.17) is 0 Å². The van der Waals surface area contributed by atoms with Crippen LogP contribution in [-0.4, -0.2) is 11.5 Å². The smallest absolute Gasteiger partial charge is 0.126 e. The average molecular weight is 272 g/mol. The Labute approximate surface area is 120 Å². The van der Waals surface area contributed by atoms with Crippen molar-refractivity contribution in [2.75, 3.05) is 6.54 Å². The lowest BCUT2D eigenvalue weighted by Crippen LogP contribution is -2.19. The number of benzene rings is 1. The number of rotatable bonds is 6. The van der Waals surface area contributed by atoms with E-state index >= 15 is 0 Å². The molecule has 2 nitrogen and oxygen atoms in total. The maximum atomic E-state index is 13.9. The van der Waals surface area contributed by atoms with Crippen molar-refractivity contribution in [1.29, 1.82) is 0 Å². The third-order valence-electron chi connectivity index (χ3n) is 3.37. The number of nitrogens with zero attached hydrogens (tertiary/aromatic N) is 1. The Bertz CT molecular complexity index is 540. The molecule has 0 saturated heterocycles. The van der Waals surface area contributed by atoms with E-state index in [0.717, 1.165) is 24.2 Å². The van der Waals surface area contributed by atoms with Gasteiger partial charge in [0.05, 0.1) is 0 Å². The van der Waals surface area contributed by atoms with Crippen LogP contribution in [0.4, 0.5) is 4.39 Å². The van der Waals surface area contributed by atoms with E-state index in [1.165, 1.54) is 0 Å². The number of hydrogen-bond donors (Lipinski definition) is 1. The second-order valence-corrected chi connectivity index (χ2v) is 5.02. The quantitative estimate of drug-likeness (QED) is 0.863. The van der Waals surface area contributed by atoms with Crippen LogP contribution in [0, 0.1) is 5.82 Å². The summed E-state index contributed by atoms with van der Waals surface area (Å²) < 4.78 is 13.9. The highest BCUT2D eigenvalue weighted by Crippen LogP contribution is 2.19. The van der Waals surface area contributed by atoms with Gasteiger partial charge in [0, 0.05) is 24.4 Å². The van der Waals surface area contributed by atoms with Crippen molar-refractivity contribution in [2.45, 2.75) is 32.7 Å². The van der Waals surface area contributed by atoms with Gasteiger partial charge in [-0.3, -0.25) is 4.98 Å². The van der Waals surface area contributed by atoms with Crippen molar-refractivity contribution >= 4 is 0 Å². The lowest BCUT2D eigenvalue weighted by atomic mass is 10.0. The Balaban J connectivity index is 2.16. The summed E-state index contributed by atoms with van der Waals surface area (Å²) in [7, 11) is 0. The van der Waals surface area contributed by atoms with Crippen LogP contribution in [0.15, 0.2) is 42.6 Å². The summed E-state index contributed by atoms with van der Waals surface area (Å²) in [6.07, 6.45) is 3.36. The van der Waals surface area contributed by atoms with Crippen LogP contribution in [0.3, 0.4) is 0 Å². The Kier molecular flexibility index (Phi) is 5.24. The van der Waals surface area contributed by atoms with Crippen LogP contribution in [-0.2, 0) is 6.42 Å². The molecule has 0 bridgehead atoms. The second kappa shape index (κ2) is 7.15. The Hall–Kier alpha value is -1.74. The van der Waals surface area contributed by atoms with Gasteiger partial charge in [-0.05, 0) is 49.2 Å². The van der Waals surface area contributed by atoms with Gasteiger partial charge in [0.15, 0.2) is 0 Å². The van der Waals surface area contributed by atoms with Crippen molar-refractivity contribution < 1.29 is 4.39 Å². The van der Waals surface area contributed by atoms with Crippen LogP contribution >= 0.6 is 0 Å². The third kappa shape index (κ3) is 3.87. The molecule has 0 aliphatic heterocycles. The summed E-state index contributed by atoms with van der Waals surface area (Å²) in [5.41, 5.74) is 2.70. The van der Waals surface area contributed by atoms with E-state index in [2.05, 4.69) is 24.1 Å². The fourth-order valence-corrected chi connectivity index (χ4v) is 2.18. The molecule has 0 saturated carbocycles. The summed E-state index contributed by atoms with van der Waals surface area (Å²) in [5.74, 6) is -0.165. The maximum Gasteiger partial charge on any atom is 0.126 e. The molecule has 1 N–H and O–H groups in total. The predicted molar refractivity (Wildman–Crippen MR) is 80.2 cm³/mol. The zero-order chi connectivity index (χ0) is 14.4. The van der Waals surface area contributed by atoms with E-state index in [1.807, 2.05) is 30.3 Å². The molecular formula is C17H21FN2. The molecule has 2 rings (SSSR count). The van der Waals surface area contributed by atoms with Gasteiger partial charge < -0.3 is 5.32 Å². The summed E-state index contributed by atoms with van der Waals surface area (Å²) in [6, 6.07) is 11.3. The van der Waals surface area contributed by atoms with Crippen LogP contribution in [0.2, 0.25) is 0 Å². The number of hydrogen-bond acceptors (Lipinski definition) is 2. The van der Waals surface area contributed by atoms with E-state index in [-0.39, 0.29) is 11.9 Å². The molecule has 0 spiro atoms. The number of pyridine rings is 1. The first-order valence-electron chi connectivity index (χ1n) is 7.12. The minimum absolute atomic E-state index is 0.165. The zero-order valence-electron chi connectivity index (χ0n) is 12.1. The van der Waals surface area contributed by atoms with E-state index in [0.29, 0.717) is 12.0 Å². The first-order chi connectivity index (χ1) is 9.70. The van der Waals surface area contributed by atoms with Crippen LogP contribution < -0.4 is 5.32 Å². The van der Waals surface area contributed by atoms with E-state index < -0.39 is 0 Å². The Morgan fingerprint density at radius 3 is 2.80 bits per heavy atom. The monoisotopic (exact) mass is 272 g/mol. The lowest BCUT2D eigenvalue weighted by molar-refractivity contribution is 0.565. The van der Waals surface area contributed by atoms with Gasteiger partial charge in [0.25, 0.3) is 0 Å². The fourth-order valence-electron chi connectivity index (χ4n) is 2.18. The average Bonchev–Trinajstić information content (AvgIpc) is 2.48. The largest absolute Gasteiger partial charge is 0.310 e. The fraction of sp³-hybridized carbons (Fsp3) is 0.353. The topological polar surface area (TPSA) is 24.9 Å². The number of nitrogens with one attached hydrogen (secondary N) is 1. The van der Waals surface area contributed by atoms with Gasteiger partial charge >= 0.3 is 0 Å². The standard InChI is InChI=1S/C17H21FN2/c1-3-9-19-13(2)14-7-8-17(18)15(11-14)12-16-6-4-5-10-20-16/h4-8,10-11,13,19H,3,9,12H2,1-2H3. The van der Waals surface area contributed by atoms with E-state index in [9.17, 15) is 4.39 Å². The number of aromatic nitrogens is 1. The van der Waals surface area contributed by atoms with Gasteiger partial charge in [0.2, 0.25) is 0 Å². The van der Waals surface area contributed by atoms with Crippen LogP contribution in [0.1, 0.15) is 43.1 Å². The van der Waals surface area contributed by atoms with Gasteiger partial charge in [-0.2, -0.15) is 0 Å². The van der Waals surface area contributed by atoms with Crippen molar-refractivity contribution in [3.8, 4) is 0 Å². The molecule has 3 heteroatoms. The summed E-state index contributed by atoms with van der Waals surface area (Å²) in [6.45, 7) is 5.21. The van der Waals surface area contributed by atoms with Gasteiger partial charge in [0.1, 0.15) is 5.82 Å². The normalized spacial score (nSPS) is 12.3. The molecule has 20 heavy (non-hydrogen) atoms. The molecule has 1 aromatic heterocycles. The molecule has 106 valence electrons. The molecule has 0 fully saturated rings. The third-order valence-corrected chi connectivity index (χ3v) is 3.37. The molecule has 0 aliphatic carbocycles. The molecule has 0 amide bonds. The van der Waals surface area contributed by atoms with Crippen molar-refractivity contribution in [1.82, 2.24) is 10.3 Å². The highest BCUT2D eigenvalue weighted by atomic mass is 19.1. The summed E-state index contributed by atoms with van der Waals surface area (Å²) in [5, 5.41) is 3.42. The first kappa shape index (κ1) is 14.7. The second-order valence-electron chi connectivity index (χ2n) is 5.02. The molecule has 1 unspecified atom stereocenters. The molecule has 0 radical (unpaired) electrons. The van der Waals surface area contributed by atoms with Gasteiger partial charge in [-0.15, -0.1) is 0 Å². The number of halogens is 1. The van der Waals surface area contributed by atoms with Crippen molar-refractivity contribution in [3.63, 3.8) is 0 Å². The predicted octanol–water partition coefficient (Wildman–Crippen LogP) is 3.87. The minimum atomic E-state index is -0.165. The van der Waals surface area contributed by atoms with Gasteiger partial charge in [-0.1, -0.05) is 25.1 Å². The maximum absolute atomic E-state index is 13.9. The zero-order valence-corrected chi connectivity index (χ0v) is 12.1. The molecule has 1 aromatic carbocycles. The highest BCUT2D eigenvalue weighted by Gasteiger charge is 2.09. The molecule has 2 aromatic rings. The summed E-state index contributed by atoms with van der Waals surface area (Å²) >= 11 is 0. The van der Waals surface area contributed by atoms with Crippen LogP contribution in [0.25, 0.3) is 0 Å².